The largest absolute Gasteiger partial charge is 0.508 e. The standard InChI is InChI=1S/C38H48N4O8S2/c1-6-8-19-38(20-9-7-2)37(49)42(25-13-11-10-12-14-25)32-28(52-41-38)21-27(34(51-5)33(32)45)50-22-29(44)39-31(24-15-17-26(43)18-16-24)35(46)40-30(23(3)4)36(47)48/h10-18,21,23,30-31,41,43,45H,6-9,19-20,22H2,1-5H3,(H,39,44)(H,40,46)(H,47,48)/t30-,31+/m0/s1. The SMILES string of the molecule is CCCCC1(CCCC)NSc2cc(OCC(=O)N[C@@H](C(=O)N[C@H](C(=O)O)C(C)C)c3ccc(O)cc3)c(SC)c(O)c2N(c2ccccc2)C1=O. The molecule has 4 rings (SSSR count). The van der Waals surface area contributed by atoms with Crippen molar-refractivity contribution in [3.8, 4) is 17.2 Å². The number of nitrogens with zero attached hydrogens (tertiary/aromatic N) is 1. The first-order chi connectivity index (χ1) is 24.9. The monoisotopic (exact) mass is 752 g/mol. The summed E-state index contributed by atoms with van der Waals surface area (Å²) in [4.78, 5) is 55.7. The first kappa shape index (κ1) is 40.4. The number of hydrogen-bond donors (Lipinski definition) is 6. The van der Waals surface area contributed by atoms with Gasteiger partial charge in [-0.2, -0.15) is 0 Å². The molecule has 0 saturated heterocycles. The minimum Gasteiger partial charge on any atom is -0.508 e. The van der Waals surface area contributed by atoms with Gasteiger partial charge in [0.05, 0.1) is 9.79 Å². The lowest BCUT2D eigenvalue weighted by molar-refractivity contribution is -0.143. The Labute approximate surface area is 313 Å². The van der Waals surface area contributed by atoms with Gasteiger partial charge in [0.15, 0.2) is 12.4 Å². The molecule has 280 valence electrons. The summed E-state index contributed by atoms with van der Waals surface area (Å²) in [5.41, 5.74) is 0.322. The second-order valence-corrected chi connectivity index (χ2v) is 14.7. The van der Waals surface area contributed by atoms with E-state index >= 15 is 0 Å². The lowest BCUT2D eigenvalue weighted by atomic mass is 9.86. The second kappa shape index (κ2) is 18.4. The number of fused-ring (bicyclic) bond motifs is 1. The maximum Gasteiger partial charge on any atom is 0.326 e. The highest BCUT2D eigenvalue weighted by Crippen LogP contribution is 2.52. The molecule has 0 radical (unpaired) electrons. The number of rotatable bonds is 17. The number of carboxylic acids is 1. The predicted octanol–water partition coefficient (Wildman–Crippen LogP) is 6.68. The molecule has 3 amide bonds. The summed E-state index contributed by atoms with van der Waals surface area (Å²) in [6.07, 6.45) is 6.41. The van der Waals surface area contributed by atoms with E-state index in [0.717, 1.165) is 25.7 Å². The number of hydrogen-bond acceptors (Lipinski definition) is 10. The Balaban J connectivity index is 1.68. The number of para-hydroxylation sites is 1. The predicted molar refractivity (Wildman–Crippen MR) is 203 cm³/mol. The van der Waals surface area contributed by atoms with Crippen molar-refractivity contribution in [1.82, 2.24) is 15.4 Å². The van der Waals surface area contributed by atoms with E-state index in [1.807, 2.05) is 30.3 Å². The van der Waals surface area contributed by atoms with Gasteiger partial charge in [-0.3, -0.25) is 19.3 Å². The highest BCUT2D eigenvalue weighted by atomic mass is 32.2. The van der Waals surface area contributed by atoms with Crippen LogP contribution >= 0.6 is 23.7 Å². The first-order valence-electron chi connectivity index (χ1n) is 17.4. The lowest BCUT2D eigenvalue weighted by Gasteiger charge is -2.35. The van der Waals surface area contributed by atoms with Crippen LogP contribution in [-0.2, 0) is 19.2 Å². The molecule has 3 aromatic carbocycles. The molecule has 12 nitrogen and oxygen atoms in total. The number of unbranched alkanes of at least 4 members (excludes halogenated alkanes) is 2. The van der Waals surface area contributed by atoms with Gasteiger partial charge in [0.1, 0.15) is 34.8 Å². The molecule has 0 saturated carbocycles. The van der Waals surface area contributed by atoms with E-state index in [4.69, 9.17) is 4.74 Å². The zero-order chi connectivity index (χ0) is 38.0. The highest BCUT2D eigenvalue weighted by Gasteiger charge is 2.45. The molecule has 0 fully saturated rings. The number of thioether (sulfide) groups is 1. The van der Waals surface area contributed by atoms with Crippen molar-refractivity contribution in [2.75, 3.05) is 17.8 Å². The van der Waals surface area contributed by atoms with Crippen LogP contribution in [0.25, 0.3) is 0 Å². The fourth-order valence-electron chi connectivity index (χ4n) is 5.99. The smallest absolute Gasteiger partial charge is 0.326 e. The van der Waals surface area contributed by atoms with Crippen LogP contribution in [0, 0.1) is 5.92 Å². The molecule has 0 aromatic heterocycles. The van der Waals surface area contributed by atoms with E-state index in [2.05, 4.69) is 29.2 Å². The van der Waals surface area contributed by atoms with Crippen LogP contribution < -0.4 is 25.0 Å². The molecule has 1 heterocycles. The number of carbonyl (C=O) groups is 4. The van der Waals surface area contributed by atoms with Crippen LogP contribution in [0.4, 0.5) is 11.4 Å². The third kappa shape index (κ3) is 9.33. The fraction of sp³-hybridized carbons (Fsp3) is 0.421. The maximum absolute atomic E-state index is 14.7. The van der Waals surface area contributed by atoms with Gasteiger partial charge in [-0.25, -0.2) is 9.52 Å². The number of phenols is 2. The van der Waals surface area contributed by atoms with E-state index < -0.39 is 47.9 Å². The molecule has 1 aliphatic rings. The summed E-state index contributed by atoms with van der Waals surface area (Å²) in [7, 11) is 0. The van der Waals surface area contributed by atoms with E-state index in [-0.39, 0.29) is 23.2 Å². The van der Waals surface area contributed by atoms with E-state index in [1.54, 1.807) is 31.1 Å². The Morgan fingerprint density at radius 3 is 2.17 bits per heavy atom. The number of benzene rings is 3. The van der Waals surface area contributed by atoms with E-state index in [0.29, 0.717) is 39.6 Å². The number of aromatic hydroxyl groups is 2. The third-order valence-corrected chi connectivity index (χ3v) is 10.7. The zero-order valence-electron chi connectivity index (χ0n) is 30.1. The summed E-state index contributed by atoms with van der Waals surface area (Å²) in [6, 6.07) is 14.0. The molecule has 6 N–H and O–H groups in total. The average Bonchev–Trinajstić information content (AvgIpc) is 3.24. The fourth-order valence-corrected chi connectivity index (χ4v) is 7.65. The number of ether oxygens (including phenoxy) is 1. The number of nitrogens with one attached hydrogen (secondary N) is 3. The van der Waals surface area contributed by atoms with Gasteiger partial charge in [0.25, 0.3) is 11.8 Å². The highest BCUT2D eigenvalue weighted by molar-refractivity contribution is 7.99. The lowest BCUT2D eigenvalue weighted by Crippen LogP contribution is -2.54. The molecule has 0 unspecified atom stereocenters. The average molecular weight is 753 g/mol. The van der Waals surface area contributed by atoms with Crippen molar-refractivity contribution in [3.63, 3.8) is 0 Å². The van der Waals surface area contributed by atoms with Gasteiger partial charge in [-0.1, -0.05) is 83.7 Å². The van der Waals surface area contributed by atoms with Gasteiger partial charge < -0.3 is 30.7 Å². The number of aliphatic carboxylic acids is 1. The summed E-state index contributed by atoms with van der Waals surface area (Å²) in [5.74, 6) is -3.31. The Bertz CT molecular complexity index is 1710. The van der Waals surface area contributed by atoms with Crippen molar-refractivity contribution in [1.29, 1.82) is 0 Å². The minimum atomic E-state index is -1.30. The van der Waals surface area contributed by atoms with Crippen molar-refractivity contribution < 1.29 is 39.2 Å². The topological polar surface area (TPSA) is 178 Å². The normalized spacial score (nSPS) is 15.0. The van der Waals surface area contributed by atoms with Crippen molar-refractivity contribution in [2.24, 2.45) is 5.92 Å². The van der Waals surface area contributed by atoms with Gasteiger partial charge in [0.2, 0.25) is 5.91 Å². The molecule has 0 aliphatic carbocycles. The second-order valence-electron chi connectivity index (χ2n) is 13.0. The number of carboxylic acid groups (broad SMARTS) is 1. The van der Waals surface area contributed by atoms with Crippen LogP contribution in [0.15, 0.2) is 70.5 Å². The van der Waals surface area contributed by atoms with Crippen molar-refractivity contribution in [3.05, 3.63) is 66.2 Å². The first-order valence-corrected chi connectivity index (χ1v) is 19.4. The van der Waals surface area contributed by atoms with Crippen LogP contribution in [0.2, 0.25) is 0 Å². The summed E-state index contributed by atoms with van der Waals surface area (Å²) < 4.78 is 9.50. The Morgan fingerprint density at radius 1 is 0.981 bits per heavy atom. The van der Waals surface area contributed by atoms with E-state index in [9.17, 15) is 34.5 Å². The molecular formula is C38H48N4O8S2. The van der Waals surface area contributed by atoms with E-state index in [1.165, 1.54) is 48.0 Å². The number of anilines is 2. The quantitative estimate of drug-likeness (QED) is 0.0641. The maximum atomic E-state index is 14.7. The molecule has 0 bridgehead atoms. The molecule has 3 aromatic rings. The minimum absolute atomic E-state index is 0.0522. The zero-order valence-corrected chi connectivity index (χ0v) is 31.7. The number of phenolic OH excluding ortho intramolecular Hbond substituents is 2. The van der Waals surface area contributed by atoms with Crippen molar-refractivity contribution >= 4 is 58.8 Å². The van der Waals surface area contributed by atoms with Gasteiger partial charge in [0, 0.05) is 5.69 Å². The number of amides is 3. The van der Waals surface area contributed by atoms with Crippen LogP contribution in [0.5, 0.6) is 17.2 Å². The van der Waals surface area contributed by atoms with Crippen LogP contribution in [0.3, 0.4) is 0 Å². The third-order valence-electron chi connectivity index (χ3n) is 8.87. The molecule has 1 aliphatic heterocycles. The van der Waals surface area contributed by atoms with Crippen LogP contribution in [-0.4, -0.2) is 63.5 Å². The Hall–Kier alpha value is -4.40. The summed E-state index contributed by atoms with van der Waals surface area (Å²) in [5, 5.41) is 36.4. The summed E-state index contributed by atoms with van der Waals surface area (Å²) >= 11 is 2.43. The Morgan fingerprint density at radius 2 is 1.62 bits per heavy atom. The molecule has 0 spiro atoms. The van der Waals surface area contributed by atoms with Gasteiger partial charge in [-0.05, 0) is 72.9 Å². The van der Waals surface area contributed by atoms with Crippen molar-refractivity contribution in [2.45, 2.75) is 93.6 Å². The molecule has 2 atom stereocenters. The van der Waals surface area contributed by atoms with Crippen LogP contribution in [0.1, 0.15) is 77.8 Å². The number of carbonyl (C=O) groups excluding carboxylic acids is 3. The van der Waals surface area contributed by atoms with Gasteiger partial charge >= 0.3 is 5.97 Å². The van der Waals surface area contributed by atoms with Gasteiger partial charge in [-0.15, -0.1) is 11.8 Å². The molecule has 14 heteroatoms. The summed E-state index contributed by atoms with van der Waals surface area (Å²) in [6.45, 7) is 6.91. The Kier molecular flexibility index (Phi) is 14.3. The molecule has 52 heavy (non-hydrogen) atoms. The molecular weight excluding hydrogens is 705 g/mol.